The summed E-state index contributed by atoms with van der Waals surface area (Å²) in [5, 5.41) is 3.48. The van der Waals surface area contributed by atoms with Crippen molar-refractivity contribution in [1.82, 2.24) is 15.3 Å². The van der Waals surface area contributed by atoms with Crippen LogP contribution in [0, 0.1) is 13.8 Å². The third-order valence-corrected chi connectivity index (χ3v) is 3.16. The Labute approximate surface area is 102 Å². The van der Waals surface area contributed by atoms with Crippen molar-refractivity contribution < 1.29 is 0 Å². The lowest BCUT2D eigenvalue weighted by Gasteiger charge is -2.19. The molecule has 0 aliphatic rings. The van der Waals surface area contributed by atoms with Crippen molar-refractivity contribution >= 4 is 0 Å². The van der Waals surface area contributed by atoms with Gasteiger partial charge in [-0.05, 0) is 37.1 Å². The molecule has 1 heterocycles. The SMILES string of the molecule is CCNC(c1ncc[nH]1)c1cccc(C)c1C. The number of rotatable bonds is 4. The number of H-pyrrole nitrogens is 1. The van der Waals surface area contributed by atoms with E-state index in [0.717, 1.165) is 12.4 Å². The van der Waals surface area contributed by atoms with Gasteiger partial charge in [0.2, 0.25) is 0 Å². The molecule has 1 aromatic heterocycles. The van der Waals surface area contributed by atoms with Crippen LogP contribution in [-0.4, -0.2) is 16.5 Å². The van der Waals surface area contributed by atoms with E-state index < -0.39 is 0 Å². The zero-order valence-electron chi connectivity index (χ0n) is 10.6. The van der Waals surface area contributed by atoms with Crippen molar-refractivity contribution in [3.8, 4) is 0 Å². The summed E-state index contributed by atoms with van der Waals surface area (Å²) in [6, 6.07) is 6.56. The Hall–Kier alpha value is -1.61. The molecule has 1 atom stereocenters. The fraction of sp³-hybridized carbons (Fsp3) is 0.357. The van der Waals surface area contributed by atoms with Gasteiger partial charge in [0.15, 0.2) is 0 Å². The summed E-state index contributed by atoms with van der Waals surface area (Å²) >= 11 is 0. The molecule has 1 aromatic carbocycles. The molecule has 0 radical (unpaired) electrons. The molecule has 0 saturated carbocycles. The Bertz CT molecular complexity index is 474. The molecule has 90 valence electrons. The second kappa shape index (κ2) is 5.15. The van der Waals surface area contributed by atoms with E-state index in [-0.39, 0.29) is 6.04 Å². The molecule has 2 rings (SSSR count). The third kappa shape index (κ3) is 2.39. The zero-order valence-corrected chi connectivity index (χ0v) is 10.6. The molecule has 2 N–H and O–H groups in total. The highest BCUT2D eigenvalue weighted by Crippen LogP contribution is 2.24. The largest absolute Gasteiger partial charge is 0.347 e. The Morgan fingerprint density at radius 2 is 2.18 bits per heavy atom. The number of aromatic amines is 1. The predicted octanol–water partition coefficient (Wildman–Crippen LogP) is 2.73. The molecule has 0 aliphatic carbocycles. The molecule has 0 fully saturated rings. The number of hydrogen-bond donors (Lipinski definition) is 2. The summed E-state index contributed by atoms with van der Waals surface area (Å²) in [5.41, 5.74) is 3.94. The first-order chi connectivity index (χ1) is 8.24. The van der Waals surface area contributed by atoms with E-state index in [2.05, 4.69) is 54.3 Å². The van der Waals surface area contributed by atoms with Crippen LogP contribution in [0.2, 0.25) is 0 Å². The minimum Gasteiger partial charge on any atom is -0.347 e. The number of nitrogens with one attached hydrogen (secondary N) is 2. The van der Waals surface area contributed by atoms with Crippen molar-refractivity contribution in [2.75, 3.05) is 6.54 Å². The first kappa shape index (κ1) is 11.9. The highest BCUT2D eigenvalue weighted by molar-refractivity contribution is 5.37. The summed E-state index contributed by atoms with van der Waals surface area (Å²) in [7, 11) is 0. The van der Waals surface area contributed by atoms with Crippen molar-refractivity contribution in [2.24, 2.45) is 0 Å². The van der Waals surface area contributed by atoms with Crippen LogP contribution in [0.1, 0.15) is 35.5 Å². The van der Waals surface area contributed by atoms with Crippen LogP contribution in [0.5, 0.6) is 0 Å². The van der Waals surface area contributed by atoms with Crippen LogP contribution in [0.25, 0.3) is 0 Å². The Kier molecular flexibility index (Phi) is 3.59. The van der Waals surface area contributed by atoms with Gasteiger partial charge in [-0.2, -0.15) is 0 Å². The molecule has 0 spiro atoms. The van der Waals surface area contributed by atoms with E-state index in [9.17, 15) is 0 Å². The van der Waals surface area contributed by atoms with Crippen LogP contribution >= 0.6 is 0 Å². The van der Waals surface area contributed by atoms with Gasteiger partial charge in [-0.25, -0.2) is 4.98 Å². The number of aryl methyl sites for hydroxylation is 1. The number of imidazole rings is 1. The number of aromatic nitrogens is 2. The molecular weight excluding hydrogens is 210 g/mol. The van der Waals surface area contributed by atoms with Crippen molar-refractivity contribution in [2.45, 2.75) is 26.8 Å². The van der Waals surface area contributed by atoms with E-state index in [1.165, 1.54) is 16.7 Å². The van der Waals surface area contributed by atoms with Gasteiger partial charge in [-0.15, -0.1) is 0 Å². The number of hydrogen-bond acceptors (Lipinski definition) is 2. The molecule has 3 nitrogen and oxygen atoms in total. The highest BCUT2D eigenvalue weighted by Gasteiger charge is 2.17. The van der Waals surface area contributed by atoms with Gasteiger partial charge in [0, 0.05) is 12.4 Å². The molecular formula is C14H19N3. The van der Waals surface area contributed by atoms with Crippen LogP contribution in [-0.2, 0) is 0 Å². The smallest absolute Gasteiger partial charge is 0.127 e. The summed E-state index contributed by atoms with van der Waals surface area (Å²) in [6.45, 7) is 7.34. The monoisotopic (exact) mass is 229 g/mol. The fourth-order valence-corrected chi connectivity index (χ4v) is 2.08. The first-order valence-electron chi connectivity index (χ1n) is 6.02. The average molecular weight is 229 g/mol. The molecule has 3 heteroatoms. The summed E-state index contributed by atoms with van der Waals surface area (Å²) in [4.78, 5) is 7.56. The van der Waals surface area contributed by atoms with E-state index in [0.29, 0.717) is 0 Å². The molecule has 17 heavy (non-hydrogen) atoms. The highest BCUT2D eigenvalue weighted by atomic mass is 15.0. The van der Waals surface area contributed by atoms with Crippen LogP contribution < -0.4 is 5.32 Å². The lowest BCUT2D eigenvalue weighted by atomic mass is 9.97. The molecule has 0 bridgehead atoms. The fourth-order valence-electron chi connectivity index (χ4n) is 2.08. The molecule has 0 saturated heterocycles. The van der Waals surface area contributed by atoms with E-state index in [1.807, 2.05) is 6.20 Å². The number of benzene rings is 1. The Balaban J connectivity index is 2.43. The lowest BCUT2D eigenvalue weighted by Crippen LogP contribution is -2.24. The van der Waals surface area contributed by atoms with Gasteiger partial charge < -0.3 is 10.3 Å². The zero-order chi connectivity index (χ0) is 12.3. The van der Waals surface area contributed by atoms with Crippen LogP contribution in [0.3, 0.4) is 0 Å². The van der Waals surface area contributed by atoms with Crippen LogP contribution in [0.4, 0.5) is 0 Å². The Morgan fingerprint density at radius 3 is 2.82 bits per heavy atom. The third-order valence-electron chi connectivity index (χ3n) is 3.16. The van der Waals surface area contributed by atoms with Crippen molar-refractivity contribution in [1.29, 1.82) is 0 Å². The molecule has 1 unspecified atom stereocenters. The topological polar surface area (TPSA) is 40.7 Å². The quantitative estimate of drug-likeness (QED) is 0.846. The average Bonchev–Trinajstić information content (AvgIpc) is 2.84. The predicted molar refractivity (Wildman–Crippen MR) is 70.0 cm³/mol. The second-order valence-corrected chi connectivity index (χ2v) is 4.25. The van der Waals surface area contributed by atoms with Crippen molar-refractivity contribution in [3.05, 3.63) is 53.1 Å². The van der Waals surface area contributed by atoms with Crippen molar-refractivity contribution in [3.63, 3.8) is 0 Å². The molecule has 0 amide bonds. The normalized spacial score (nSPS) is 12.6. The standard InChI is InChI=1S/C14H19N3/c1-4-15-13(14-16-8-9-17-14)12-7-5-6-10(2)11(12)3/h5-9,13,15H,4H2,1-3H3,(H,16,17). The summed E-state index contributed by atoms with van der Waals surface area (Å²) < 4.78 is 0. The Morgan fingerprint density at radius 1 is 1.35 bits per heavy atom. The van der Waals surface area contributed by atoms with E-state index in [1.54, 1.807) is 6.20 Å². The minimum atomic E-state index is 0.148. The maximum atomic E-state index is 4.36. The minimum absolute atomic E-state index is 0.148. The van der Waals surface area contributed by atoms with E-state index >= 15 is 0 Å². The second-order valence-electron chi connectivity index (χ2n) is 4.25. The van der Waals surface area contributed by atoms with Gasteiger partial charge in [-0.3, -0.25) is 0 Å². The molecule has 0 aliphatic heterocycles. The van der Waals surface area contributed by atoms with Gasteiger partial charge in [-0.1, -0.05) is 25.1 Å². The molecule has 2 aromatic rings. The lowest BCUT2D eigenvalue weighted by molar-refractivity contribution is 0.600. The first-order valence-corrected chi connectivity index (χ1v) is 6.02. The van der Waals surface area contributed by atoms with Gasteiger partial charge >= 0.3 is 0 Å². The van der Waals surface area contributed by atoms with Gasteiger partial charge in [0.1, 0.15) is 5.82 Å². The van der Waals surface area contributed by atoms with E-state index in [4.69, 9.17) is 0 Å². The maximum Gasteiger partial charge on any atom is 0.127 e. The van der Waals surface area contributed by atoms with Gasteiger partial charge in [0.25, 0.3) is 0 Å². The maximum absolute atomic E-state index is 4.36. The van der Waals surface area contributed by atoms with Gasteiger partial charge in [0.05, 0.1) is 6.04 Å². The van der Waals surface area contributed by atoms with Crippen LogP contribution in [0.15, 0.2) is 30.6 Å². The summed E-state index contributed by atoms with van der Waals surface area (Å²) in [5.74, 6) is 0.973. The number of nitrogens with zero attached hydrogens (tertiary/aromatic N) is 1. The summed E-state index contributed by atoms with van der Waals surface area (Å²) in [6.07, 6.45) is 3.66.